The molecule has 1 saturated heterocycles. The summed E-state index contributed by atoms with van der Waals surface area (Å²) in [6, 6.07) is 0. The molecular weight excluding hydrogens is 300 g/mol. The van der Waals surface area contributed by atoms with Crippen LogP contribution in [-0.4, -0.2) is 33.1 Å². The molecule has 1 aliphatic carbocycles. The van der Waals surface area contributed by atoms with Crippen LogP contribution in [-0.2, 0) is 4.74 Å². The summed E-state index contributed by atoms with van der Waals surface area (Å²) in [5.74, 6) is 1.87. The van der Waals surface area contributed by atoms with Gasteiger partial charge in [0, 0.05) is 25.0 Å². The van der Waals surface area contributed by atoms with Crippen molar-refractivity contribution >= 4 is 11.2 Å². The molecular formula is C19H26N4O. The van der Waals surface area contributed by atoms with Gasteiger partial charge >= 0.3 is 0 Å². The highest BCUT2D eigenvalue weighted by molar-refractivity contribution is 5.73. The van der Waals surface area contributed by atoms with Gasteiger partial charge in [-0.05, 0) is 39.5 Å². The molecule has 0 atom stereocenters. The van der Waals surface area contributed by atoms with E-state index in [4.69, 9.17) is 24.7 Å². The van der Waals surface area contributed by atoms with Gasteiger partial charge in [0.2, 0.25) is 0 Å². The van der Waals surface area contributed by atoms with E-state index in [1.165, 1.54) is 32.1 Å². The predicted octanol–water partition coefficient (Wildman–Crippen LogP) is 3.98. The van der Waals surface area contributed by atoms with Crippen LogP contribution in [0.2, 0.25) is 0 Å². The SMILES string of the molecule is Cc1nc2nc(C3CCOCC3)nc(C3CCCCC3)c2nc1C. The number of aryl methyl sites for hydroxylation is 2. The van der Waals surface area contributed by atoms with Crippen LogP contribution in [0.3, 0.4) is 0 Å². The molecule has 5 nitrogen and oxygen atoms in total. The molecule has 2 aliphatic rings. The molecule has 0 bridgehead atoms. The molecule has 0 spiro atoms. The van der Waals surface area contributed by atoms with E-state index < -0.39 is 0 Å². The summed E-state index contributed by atoms with van der Waals surface area (Å²) in [5, 5.41) is 0. The van der Waals surface area contributed by atoms with Crippen LogP contribution < -0.4 is 0 Å². The fourth-order valence-corrected chi connectivity index (χ4v) is 3.95. The molecule has 0 radical (unpaired) electrons. The Balaban J connectivity index is 1.83. The Morgan fingerprint density at radius 2 is 1.46 bits per heavy atom. The molecule has 0 aromatic carbocycles. The van der Waals surface area contributed by atoms with Crippen molar-refractivity contribution in [3.8, 4) is 0 Å². The Kier molecular flexibility index (Phi) is 4.44. The fraction of sp³-hybridized carbons (Fsp3) is 0.684. The zero-order valence-electron chi connectivity index (χ0n) is 14.7. The maximum Gasteiger partial charge on any atom is 0.182 e. The molecule has 24 heavy (non-hydrogen) atoms. The van der Waals surface area contributed by atoms with E-state index in [-0.39, 0.29) is 0 Å². The first-order chi connectivity index (χ1) is 11.7. The van der Waals surface area contributed by atoms with Gasteiger partial charge < -0.3 is 4.74 Å². The Morgan fingerprint density at radius 3 is 2.21 bits per heavy atom. The third kappa shape index (κ3) is 3.02. The van der Waals surface area contributed by atoms with Crippen molar-refractivity contribution < 1.29 is 4.74 Å². The van der Waals surface area contributed by atoms with Crippen LogP contribution in [0, 0.1) is 13.8 Å². The molecule has 5 heteroatoms. The van der Waals surface area contributed by atoms with Crippen LogP contribution in [0.1, 0.15) is 79.7 Å². The lowest BCUT2D eigenvalue weighted by atomic mass is 9.86. The molecule has 1 saturated carbocycles. The van der Waals surface area contributed by atoms with Crippen molar-refractivity contribution in [1.29, 1.82) is 0 Å². The van der Waals surface area contributed by atoms with Crippen molar-refractivity contribution in [2.24, 2.45) is 0 Å². The van der Waals surface area contributed by atoms with Crippen LogP contribution in [0.25, 0.3) is 11.2 Å². The summed E-state index contributed by atoms with van der Waals surface area (Å²) in [4.78, 5) is 19.4. The van der Waals surface area contributed by atoms with Crippen LogP contribution in [0.4, 0.5) is 0 Å². The van der Waals surface area contributed by atoms with Crippen molar-refractivity contribution in [3.05, 3.63) is 22.9 Å². The second-order valence-corrected chi connectivity index (χ2v) is 7.26. The number of nitrogens with zero attached hydrogens (tertiary/aromatic N) is 4. The van der Waals surface area contributed by atoms with Crippen molar-refractivity contribution in [2.45, 2.75) is 70.6 Å². The second kappa shape index (κ2) is 6.71. The van der Waals surface area contributed by atoms with E-state index in [1.54, 1.807) is 0 Å². The van der Waals surface area contributed by atoms with Gasteiger partial charge in [0.1, 0.15) is 11.3 Å². The number of ether oxygens (including phenoxy) is 1. The van der Waals surface area contributed by atoms with Gasteiger partial charge in [-0.2, -0.15) is 0 Å². The van der Waals surface area contributed by atoms with Gasteiger partial charge in [0.25, 0.3) is 0 Å². The standard InChI is InChI=1S/C19H26N4O/c1-12-13(2)21-19-17(20-12)16(14-6-4-3-5-7-14)22-18(23-19)15-8-10-24-11-9-15/h14-15H,3-11H2,1-2H3. The predicted molar refractivity (Wildman–Crippen MR) is 93.2 cm³/mol. The molecule has 1 aliphatic heterocycles. The molecule has 3 heterocycles. The minimum absolute atomic E-state index is 0.397. The Bertz CT molecular complexity index is 734. The summed E-state index contributed by atoms with van der Waals surface area (Å²) >= 11 is 0. The minimum atomic E-state index is 0.397. The third-order valence-electron chi connectivity index (χ3n) is 5.56. The molecule has 2 aromatic heterocycles. The Morgan fingerprint density at radius 1 is 0.750 bits per heavy atom. The van der Waals surface area contributed by atoms with E-state index >= 15 is 0 Å². The average Bonchev–Trinajstić information content (AvgIpc) is 2.63. The maximum atomic E-state index is 5.51. The zero-order valence-corrected chi connectivity index (χ0v) is 14.7. The van der Waals surface area contributed by atoms with Crippen LogP contribution in [0.15, 0.2) is 0 Å². The lowest BCUT2D eigenvalue weighted by Crippen LogP contribution is -2.19. The number of fused-ring (bicyclic) bond motifs is 1. The van der Waals surface area contributed by atoms with E-state index in [0.717, 1.165) is 60.1 Å². The van der Waals surface area contributed by atoms with E-state index in [9.17, 15) is 0 Å². The van der Waals surface area contributed by atoms with Crippen molar-refractivity contribution in [2.75, 3.05) is 13.2 Å². The number of hydrogen-bond acceptors (Lipinski definition) is 5. The smallest absolute Gasteiger partial charge is 0.182 e. The van der Waals surface area contributed by atoms with Gasteiger partial charge in [-0.25, -0.2) is 19.9 Å². The molecule has 4 rings (SSSR count). The summed E-state index contributed by atoms with van der Waals surface area (Å²) in [6.07, 6.45) is 8.38. The molecule has 2 aromatic rings. The summed E-state index contributed by atoms with van der Waals surface area (Å²) in [5.41, 5.74) is 4.82. The first kappa shape index (κ1) is 15.9. The maximum absolute atomic E-state index is 5.51. The number of aromatic nitrogens is 4. The summed E-state index contributed by atoms with van der Waals surface area (Å²) in [6.45, 7) is 5.66. The monoisotopic (exact) mass is 326 g/mol. The lowest BCUT2D eigenvalue weighted by molar-refractivity contribution is 0.0835. The van der Waals surface area contributed by atoms with Gasteiger partial charge in [-0.1, -0.05) is 19.3 Å². The van der Waals surface area contributed by atoms with Gasteiger partial charge in [-0.3, -0.25) is 0 Å². The third-order valence-corrected chi connectivity index (χ3v) is 5.56. The molecule has 128 valence electrons. The van der Waals surface area contributed by atoms with Crippen molar-refractivity contribution in [1.82, 2.24) is 19.9 Å². The molecule has 0 amide bonds. The molecule has 0 unspecified atom stereocenters. The topological polar surface area (TPSA) is 60.8 Å². The number of rotatable bonds is 2. The largest absolute Gasteiger partial charge is 0.381 e. The first-order valence-corrected chi connectivity index (χ1v) is 9.33. The lowest BCUT2D eigenvalue weighted by Gasteiger charge is -2.25. The van der Waals surface area contributed by atoms with Gasteiger partial charge in [0.15, 0.2) is 5.65 Å². The molecule has 2 fully saturated rings. The highest BCUT2D eigenvalue weighted by Gasteiger charge is 2.26. The average molecular weight is 326 g/mol. The van der Waals surface area contributed by atoms with Crippen LogP contribution >= 0.6 is 0 Å². The van der Waals surface area contributed by atoms with Gasteiger partial charge in [-0.15, -0.1) is 0 Å². The zero-order chi connectivity index (χ0) is 16.5. The van der Waals surface area contributed by atoms with E-state index in [2.05, 4.69) is 0 Å². The highest BCUT2D eigenvalue weighted by atomic mass is 16.5. The minimum Gasteiger partial charge on any atom is -0.381 e. The molecule has 0 N–H and O–H groups in total. The first-order valence-electron chi connectivity index (χ1n) is 9.33. The summed E-state index contributed by atoms with van der Waals surface area (Å²) < 4.78 is 5.51. The number of hydrogen-bond donors (Lipinski definition) is 0. The van der Waals surface area contributed by atoms with E-state index in [1.807, 2.05) is 13.8 Å². The van der Waals surface area contributed by atoms with Crippen molar-refractivity contribution in [3.63, 3.8) is 0 Å². The quantitative estimate of drug-likeness (QED) is 0.835. The second-order valence-electron chi connectivity index (χ2n) is 7.26. The highest BCUT2D eigenvalue weighted by Crippen LogP contribution is 2.35. The van der Waals surface area contributed by atoms with Gasteiger partial charge in [0.05, 0.1) is 17.1 Å². The van der Waals surface area contributed by atoms with Crippen LogP contribution in [0.5, 0.6) is 0 Å². The Labute approximate surface area is 143 Å². The summed E-state index contributed by atoms with van der Waals surface area (Å²) in [7, 11) is 0. The fourth-order valence-electron chi connectivity index (χ4n) is 3.95. The Hall–Kier alpha value is -1.62. The van der Waals surface area contributed by atoms with E-state index in [0.29, 0.717) is 11.8 Å². The normalized spacial score (nSPS) is 20.6.